The summed E-state index contributed by atoms with van der Waals surface area (Å²) in [4.78, 5) is 51.2. The number of hydrogen-bond donors (Lipinski definition) is 1. The largest absolute Gasteiger partial charge is 0.463 e. The van der Waals surface area contributed by atoms with Crippen molar-refractivity contribution in [3.63, 3.8) is 0 Å². The van der Waals surface area contributed by atoms with Gasteiger partial charge in [-0.25, -0.2) is 0 Å². The molecule has 4 saturated carbocycles. The molecule has 8 nitrogen and oxygen atoms in total. The average Bonchev–Trinajstić information content (AvgIpc) is 3.60. The quantitative estimate of drug-likeness (QED) is 0.310. The van der Waals surface area contributed by atoms with Gasteiger partial charge in [-0.15, -0.1) is 0 Å². The Bertz CT molecular complexity index is 952. The Morgan fingerprint density at radius 3 is 2.16 bits per heavy atom. The fourth-order valence-electron chi connectivity index (χ4n) is 9.13. The molecule has 5 aliphatic rings. The van der Waals surface area contributed by atoms with Crippen molar-refractivity contribution in [2.45, 2.75) is 72.3 Å². The highest BCUT2D eigenvalue weighted by atomic mass is 16.6. The summed E-state index contributed by atoms with van der Waals surface area (Å²) in [6.45, 7) is 9.53. The molecule has 0 spiro atoms. The van der Waals surface area contributed by atoms with Gasteiger partial charge in [-0.1, -0.05) is 13.8 Å². The van der Waals surface area contributed by atoms with E-state index < -0.39 is 29.4 Å². The van der Waals surface area contributed by atoms with Crippen LogP contribution in [0.2, 0.25) is 0 Å². The summed E-state index contributed by atoms with van der Waals surface area (Å²) < 4.78 is 16.1. The second kappa shape index (κ2) is 9.65. The SMILES string of the molecule is CC1C(=O)OC(=O)C1C1C(CC2C(C)C3CC(C(=O)OC(C)(C)C)C2C3)C2CC(C(=O)OCCO)C1C2. The van der Waals surface area contributed by atoms with E-state index >= 15 is 0 Å². The van der Waals surface area contributed by atoms with Gasteiger partial charge in [-0.05, 0) is 100 Å². The molecule has 12 atom stereocenters. The molecule has 1 N–H and O–H groups in total. The number of aliphatic hydroxyl groups is 1. The summed E-state index contributed by atoms with van der Waals surface area (Å²) in [5, 5.41) is 9.10. The first kappa shape index (κ1) is 26.6. The lowest BCUT2D eigenvalue weighted by Crippen LogP contribution is -2.43. The van der Waals surface area contributed by atoms with E-state index in [1.54, 1.807) is 6.92 Å². The molecular weight excluding hydrogens is 476 g/mol. The predicted octanol–water partition coefficient (Wildman–Crippen LogP) is 3.39. The lowest BCUT2D eigenvalue weighted by molar-refractivity contribution is -0.163. The highest BCUT2D eigenvalue weighted by Crippen LogP contribution is 2.64. The number of hydrogen-bond acceptors (Lipinski definition) is 8. The van der Waals surface area contributed by atoms with Crippen LogP contribution in [0.5, 0.6) is 0 Å². The Morgan fingerprint density at radius 1 is 0.919 bits per heavy atom. The predicted molar refractivity (Wildman–Crippen MR) is 131 cm³/mol. The molecule has 37 heavy (non-hydrogen) atoms. The van der Waals surface area contributed by atoms with E-state index in [1.807, 2.05) is 20.8 Å². The van der Waals surface area contributed by atoms with Crippen molar-refractivity contribution in [1.29, 1.82) is 0 Å². The zero-order chi connectivity index (χ0) is 26.8. The van der Waals surface area contributed by atoms with Crippen LogP contribution in [-0.4, -0.2) is 47.8 Å². The first-order valence-corrected chi connectivity index (χ1v) is 14.2. The molecule has 0 aromatic carbocycles. The summed E-state index contributed by atoms with van der Waals surface area (Å²) in [6, 6.07) is 0. The fourth-order valence-corrected chi connectivity index (χ4v) is 9.13. The van der Waals surface area contributed by atoms with Crippen LogP contribution < -0.4 is 0 Å². The summed E-state index contributed by atoms with van der Waals surface area (Å²) in [5.74, 6) is -0.893. The van der Waals surface area contributed by atoms with E-state index in [0.717, 1.165) is 25.7 Å². The summed E-state index contributed by atoms with van der Waals surface area (Å²) in [6.07, 6.45) is 4.37. The second-order valence-corrected chi connectivity index (χ2v) is 13.5. The van der Waals surface area contributed by atoms with Gasteiger partial charge in [0, 0.05) is 0 Å². The number of cyclic esters (lactones) is 2. The molecule has 0 amide bonds. The first-order chi connectivity index (χ1) is 17.4. The van der Waals surface area contributed by atoms with Crippen LogP contribution in [0.15, 0.2) is 0 Å². The van der Waals surface area contributed by atoms with Gasteiger partial charge in [0.05, 0.1) is 30.3 Å². The number of aliphatic hydroxyl groups excluding tert-OH is 1. The molecule has 206 valence electrons. The van der Waals surface area contributed by atoms with E-state index in [2.05, 4.69) is 6.92 Å². The Hall–Kier alpha value is -1.96. The van der Waals surface area contributed by atoms with Gasteiger partial charge in [0.2, 0.25) is 0 Å². The molecule has 4 aliphatic carbocycles. The number of ether oxygens (including phenoxy) is 3. The van der Waals surface area contributed by atoms with Gasteiger partial charge < -0.3 is 19.3 Å². The van der Waals surface area contributed by atoms with Crippen LogP contribution in [0.1, 0.15) is 66.7 Å². The molecule has 1 heterocycles. The zero-order valence-electron chi connectivity index (χ0n) is 22.7. The molecule has 12 unspecified atom stereocenters. The average molecular weight is 519 g/mol. The monoisotopic (exact) mass is 518 g/mol. The third-order valence-electron chi connectivity index (χ3n) is 10.6. The van der Waals surface area contributed by atoms with Crippen LogP contribution in [-0.2, 0) is 33.4 Å². The molecular formula is C29H42O8. The molecule has 4 bridgehead atoms. The molecule has 1 saturated heterocycles. The molecule has 1 aliphatic heterocycles. The van der Waals surface area contributed by atoms with Crippen molar-refractivity contribution >= 4 is 23.9 Å². The highest BCUT2D eigenvalue weighted by Gasteiger charge is 2.63. The maximum atomic E-state index is 13.1. The fraction of sp³-hybridized carbons (Fsp3) is 0.862. The Labute approximate surface area is 219 Å². The summed E-state index contributed by atoms with van der Waals surface area (Å²) >= 11 is 0. The smallest absolute Gasteiger partial charge is 0.317 e. The van der Waals surface area contributed by atoms with Crippen LogP contribution in [0.4, 0.5) is 0 Å². The summed E-state index contributed by atoms with van der Waals surface area (Å²) in [5.41, 5.74) is -0.513. The second-order valence-electron chi connectivity index (χ2n) is 13.5. The van der Waals surface area contributed by atoms with Crippen molar-refractivity contribution in [1.82, 2.24) is 0 Å². The van der Waals surface area contributed by atoms with Gasteiger partial charge in [0.1, 0.15) is 12.2 Å². The van der Waals surface area contributed by atoms with E-state index in [-0.39, 0.29) is 66.6 Å². The van der Waals surface area contributed by atoms with Crippen molar-refractivity contribution in [3.8, 4) is 0 Å². The molecule has 5 rings (SSSR count). The third kappa shape index (κ3) is 4.61. The zero-order valence-corrected chi connectivity index (χ0v) is 22.7. The summed E-state index contributed by atoms with van der Waals surface area (Å²) in [7, 11) is 0. The van der Waals surface area contributed by atoms with E-state index in [4.69, 9.17) is 19.3 Å². The molecule has 0 aromatic rings. The Kier molecular flexibility index (Phi) is 6.95. The highest BCUT2D eigenvalue weighted by molar-refractivity contribution is 5.96. The Balaban J connectivity index is 1.38. The topological polar surface area (TPSA) is 116 Å². The lowest BCUT2D eigenvalue weighted by Gasteiger charge is -2.42. The number of carbonyl (C=O) groups is 4. The normalized spacial score (nSPS) is 44.4. The van der Waals surface area contributed by atoms with Gasteiger partial charge in [0.25, 0.3) is 0 Å². The van der Waals surface area contributed by atoms with Crippen LogP contribution in [0.25, 0.3) is 0 Å². The van der Waals surface area contributed by atoms with Crippen molar-refractivity contribution in [2.24, 2.45) is 71.0 Å². The third-order valence-corrected chi connectivity index (χ3v) is 10.6. The van der Waals surface area contributed by atoms with Crippen molar-refractivity contribution < 1.29 is 38.5 Å². The van der Waals surface area contributed by atoms with Gasteiger partial charge >= 0.3 is 23.9 Å². The molecule has 0 aromatic heterocycles. The minimum absolute atomic E-state index is 0.0319. The molecule has 0 radical (unpaired) electrons. The standard InChI is InChI=1S/C29H42O8/c1-13-15-8-19(21(9-15)27(33)37-29(3,4)5)17(13)12-18-16-10-20(22(11-16)26(32)35-7-6-30)24(18)23-14(2)25(31)36-28(23)34/h13-24,30H,6-12H2,1-5H3. The van der Waals surface area contributed by atoms with E-state index in [1.165, 1.54) is 0 Å². The van der Waals surface area contributed by atoms with Gasteiger partial charge in [-0.2, -0.15) is 0 Å². The minimum atomic E-state index is -0.545. The minimum Gasteiger partial charge on any atom is -0.463 e. The van der Waals surface area contributed by atoms with Crippen LogP contribution >= 0.6 is 0 Å². The molecule has 8 heteroatoms. The van der Waals surface area contributed by atoms with Crippen molar-refractivity contribution in [2.75, 3.05) is 13.2 Å². The lowest BCUT2D eigenvalue weighted by atomic mass is 9.61. The number of esters is 4. The van der Waals surface area contributed by atoms with E-state index in [9.17, 15) is 19.2 Å². The first-order valence-electron chi connectivity index (χ1n) is 14.2. The number of fused-ring (bicyclic) bond motifs is 4. The van der Waals surface area contributed by atoms with Crippen molar-refractivity contribution in [3.05, 3.63) is 0 Å². The van der Waals surface area contributed by atoms with Gasteiger partial charge in [0.15, 0.2) is 0 Å². The maximum absolute atomic E-state index is 13.1. The van der Waals surface area contributed by atoms with Crippen LogP contribution in [0.3, 0.4) is 0 Å². The van der Waals surface area contributed by atoms with Gasteiger partial charge in [-0.3, -0.25) is 19.2 Å². The van der Waals surface area contributed by atoms with Crippen LogP contribution in [0, 0.1) is 71.0 Å². The Morgan fingerprint density at radius 2 is 1.57 bits per heavy atom. The van der Waals surface area contributed by atoms with E-state index in [0.29, 0.717) is 24.2 Å². The molecule has 5 fully saturated rings. The maximum Gasteiger partial charge on any atom is 0.317 e. The number of rotatable bonds is 7. The number of carbonyl (C=O) groups excluding carboxylic acids is 4.